The molecule has 2 heterocycles. The Bertz CT molecular complexity index is 1050. The first kappa shape index (κ1) is 20.4. The van der Waals surface area contributed by atoms with Crippen molar-refractivity contribution >= 4 is 28.3 Å². The maximum Gasteiger partial charge on any atom is 0.326 e. The van der Waals surface area contributed by atoms with Gasteiger partial charge in [-0.25, -0.2) is 4.79 Å². The number of anilines is 2. The maximum atomic E-state index is 13.0. The highest BCUT2D eigenvalue weighted by atomic mass is 16.2. The van der Waals surface area contributed by atoms with Crippen molar-refractivity contribution in [1.82, 2.24) is 19.6 Å². The van der Waals surface area contributed by atoms with Gasteiger partial charge < -0.3 is 10.2 Å². The Hall–Kier alpha value is -2.90. The fourth-order valence-electron chi connectivity index (χ4n) is 3.87. The van der Waals surface area contributed by atoms with Crippen molar-refractivity contribution in [3.63, 3.8) is 0 Å². The summed E-state index contributed by atoms with van der Waals surface area (Å²) in [7, 11) is 5.88. The van der Waals surface area contributed by atoms with Crippen LogP contribution in [0.2, 0.25) is 0 Å². The summed E-state index contributed by atoms with van der Waals surface area (Å²) < 4.78 is 1.86. The number of urea groups is 1. The molecule has 0 spiro atoms. The number of carbonyl (C=O) groups excluding carboxylic acids is 1. The van der Waals surface area contributed by atoms with E-state index in [1.807, 2.05) is 55.1 Å². The first-order valence-corrected chi connectivity index (χ1v) is 10.4. The van der Waals surface area contributed by atoms with E-state index >= 15 is 0 Å². The SMILES string of the molecule is Cc1c2ccc(N(C)C(=O)Nc3ccccc3CN3CCN(C)CC3)cc2nn1C. The molecule has 30 heavy (non-hydrogen) atoms. The van der Waals surface area contributed by atoms with Gasteiger partial charge in [0.05, 0.1) is 5.52 Å². The largest absolute Gasteiger partial charge is 0.326 e. The van der Waals surface area contributed by atoms with Gasteiger partial charge in [0.1, 0.15) is 0 Å². The van der Waals surface area contributed by atoms with Crippen LogP contribution in [0.3, 0.4) is 0 Å². The van der Waals surface area contributed by atoms with Crippen molar-refractivity contribution in [2.45, 2.75) is 13.5 Å². The molecular weight excluding hydrogens is 376 g/mol. The lowest BCUT2D eigenvalue weighted by Gasteiger charge is -2.32. The number of rotatable bonds is 4. The third kappa shape index (κ3) is 4.17. The zero-order chi connectivity index (χ0) is 21.3. The van der Waals surface area contributed by atoms with Crippen LogP contribution in [0.5, 0.6) is 0 Å². The molecule has 158 valence electrons. The van der Waals surface area contributed by atoms with Crippen LogP contribution in [0, 0.1) is 6.92 Å². The molecule has 2 aromatic carbocycles. The number of para-hydroxylation sites is 1. The molecule has 7 nitrogen and oxygen atoms in total. The molecular formula is C23H30N6O. The van der Waals surface area contributed by atoms with Crippen molar-refractivity contribution in [3.05, 3.63) is 53.7 Å². The molecule has 0 radical (unpaired) electrons. The molecule has 0 aliphatic carbocycles. The van der Waals surface area contributed by atoms with Crippen LogP contribution in [-0.2, 0) is 13.6 Å². The van der Waals surface area contributed by atoms with E-state index in [-0.39, 0.29) is 6.03 Å². The first-order chi connectivity index (χ1) is 14.4. The number of aryl methyl sites for hydroxylation is 2. The van der Waals surface area contributed by atoms with Crippen LogP contribution >= 0.6 is 0 Å². The number of hydrogen-bond donors (Lipinski definition) is 1. The molecule has 1 fully saturated rings. The van der Waals surface area contributed by atoms with Crippen LogP contribution in [0.15, 0.2) is 42.5 Å². The zero-order valence-corrected chi connectivity index (χ0v) is 18.2. The number of nitrogens with one attached hydrogen (secondary N) is 1. The van der Waals surface area contributed by atoms with Crippen molar-refractivity contribution in [3.8, 4) is 0 Å². The number of likely N-dealkylation sites (N-methyl/N-ethyl adjacent to an activating group) is 1. The number of fused-ring (bicyclic) bond motifs is 1. The number of piperazine rings is 1. The third-order valence-electron chi connectivity index (χ3n) is 6.05. The Morgan fingerprint density at radius 2 is 1.83 bits per heavy atom. The molecule has 0 saturated carbocycles. The lowest BCUT2D eigenvalue weighted by atomic mass is 10.1. The van der Waals surface area contributed by atoms with Crippen LogP contribution in [0.4, 0.5) is 16.2 Å². The van der Waals surface area contributed by atoms with Crippen molar-refractivity contribution < 1.29 is 4.79 Å². The van der Waals surface area contributed by atoms with Gasteiger partial charge in [0, 0.05) is 69.3 Å². The van der Waals surface area contributed by atoms with Crippen molar-refractivity contribution in [1.29, 1.82) is 0 Å². The average molecular weight is 407 g/mol. The molecule has 2 amide bonds. The minimum atomic E-state index is -0.159. The fourth-order valence-corrected chi connectivity index (χ4v) is 3.87. The van der Waals surface area contributed by atoms with Crippen LogP contribution in [0.25, 0.3) is 10.9 Å². The Labute approximate surface area is 177 Å². The van der Waals surface area contributed by atoms with Crippen LogP contribution in [0.1, 0.15) is 11.3 Å². The summed E-state index contributed by atoms with van der Waals surface area (Å²) in [5.74, 6) is 0. The zero-order valence-electron chi connectivity index (χ0n) is 18.2. The highest BCUT2D eigenvalue weighted by Gasteiger charge is 2.18. The summed E-state index contributed by atoms with van der Waals surface area (Å²) in [6.07, 6.45) is 0. The van der Waals surface area contributed by atoms with E-state index in [4.69, 9.17) is 0 Å². The predicted molar refractivity (Wildman–Crippen MR) is 122 cm³/mol. The van der Waals surface area contributed by atoms with Crippen LogP contribution in [-0.4, -0.2) is 65.9 Å². The smallest absolute Gasteiger partial charge is 0.307 e. The van der Waals surface area contributed by atoms with Gasteiger partial charge in [0.25, 0.3) is 0 Å². The molecule has 1 aliphatic heterocycles. The minimum Gasteiger partial charge on any atom is -0.307 e. The summed E-state index contributed by atoms with van der Waals surface area (Å²) in [6, 6.07) is 13.9. The Morgan fingerprint density at radius 3 is 2.60 bits per heavy atom. The summed E-state index contributed by atoms with van der Waals surface area (Å²) in [6.45, 7) is 7.12. The van der Waals surface area contributed by atoms with E-state index in [0.717, 1.165) is 66.3 Å². The summed E-state index contributed by atoms with van der Waals surface area (Å²) >= 11 is 0. The molecule has 1 aliphatic rings. The number of hydrogen-bond acceptors (Lipinski definition) is 4. The van der Waals surface area contributed by atoms with E-state index in [1.54, 1.807) is 11.9 Å². The monoisotopic (exact) mass is 406 g/mol. The van der Waals surface area contributed by atoms with Gasteiger partial charge >= 0.3 is 6.03 Å². The number of benzene rings is 2. The predicted octanol–water partition coefficient (Wildman–Crippen LogP) is 3.30. The van der Waals surface area contributed by atoms with Gasteiger partial charge in [-0.05, 0) is 43.8 Å². The van der Waals surface area contributed by atoms with E-state index in [1.165, 1.54) is 0 Å². The highest BCUT2D eigenvalue weighted by Crippen LogP contribution is 2.24. The Morgan fingerprint density at radius 1 is 1.10 bits per heavy atom. The summed E-state index contributed by atoms with van der Waals surface area (Å²) in [5, 5.41) is 8.73. The number of aromatic nitrogens is 2. The van der Waals surface area contributed by atoms with Gasteiger partial charge in [0.15, 0.2) is 0 Å². The molecule has 1 N–H and O–H groups in total. The quantitative estimate of drug-likeness (QED) is 0.722. The van der Waals surface area contributed by atoms with E-state index < -0.39 is 0 Å². The standard InChI is InChI=1S/C23H30N6O/c1-17-20-10-9-19(15-22(20)25-28(17)4)27(3)23(30)24-21-8-6-5-7-18(21)16-29-13-11-26(2)12-14-29/h5-10,15H,11-14,16H2,1-4H3,(H,24,30). The number of nitrogens with zero attached hydrogens (tertiary/aromatic N) is 5. The minimum absolute atomic E-state index is 0.159. The fraction of sp³-hybridized carbons (Fsp3) is 0.391. The topological polar surface area (TPSA) is 56.6 Å². The second kappa shape index (κ2) is 8.45. The second-order valence-electron chi connectivity index (χ2n) is 8.14. The molecule has 4 rings (SSSR count). The second-order valence-corrected chi connectivity index (χ2v) is 8.14. The molecule has 7 heteroatoms. The lowest BCUT2D eigenvalue weighted by Crippen LogP contribution is -2.44. The summed E-state index contributed by atoms with van der Waals surface area (Å²) in [5.41, 5.74) is 4.82. The summed E-state index contributed by atoms with van der Waals surface area (Å²) in [4.78, 5) is 19.4. The van der Waals surface area contributed by atoms with E-state index in [2.05, 4.69) is 33.3 Å². The Kier molecular flexibility index (Phi) is 5.74. The van der Waals surface area contributed by atoms with Gasteiger partial charge in [0.2, 0.25) is 0 Å². The molecule has 0 atom stereocenters. The first-order valence-electron chi connectivity index (χ1n) is 10.4. The molecule has 3 aromatic rings. The normalized spacial score (nSPS) is 15.5. The van der Waals surface area contributed by atoms with Gasteiger partial charge in [-0.3, -0.25) is 14.5 Å². The molecule has 1 saturated heterocycles. The lowest BCUT2D eigenvalue weighted by molar-refractivity contribution is 0.148. The molecule has 0 unspecified atom stereocenters. The maximum absolute atomic E-state index is 13.0. The van der Waals surface area contributed by atoms with E-state index in [0.29, 0.717) is 0 Å². The average Bonchev–Trinajstić information content (AvgIpc) is 3.03. The van der Waals surface area contributed by atoms with Crippen LogP contribution < -0.4 is 10.2 Å². The third-order valence-corrected chi connectivity index (χ3v) is 6.05. The van der Waals surface area contributed by atoms with Gasteiger partial charge in [-0.2, -0.15) is 5.10 Å². The molecule has 0 bridgehead atoms. The highest BCUT2D eigenvalue weighted by molar-refractivity contribution is 6.02. The van der Waals surface area contributed by atoms with Gasteiger partial charge in [-0.1, -0.05) is 18.2 Å². The van der Waals surface area contributed by atoms with Crippen molar-refractivity contribution in [2.24, 2.45) is 7.05 Å². The van der Waals surface area contributed by atoms with Crippen molar-refractivity contribution in [2.75, 3.05) is 50.5 Å². The number of carbonyl (C=O) groups is 1. The molecule has 1 aromatic heterocycles. The van der Waals surface area contributed by atoms with E-state index in [9.17, 15) is 4.79 Å². The Balaban J connectivity index is 1.48. The van der Waals surface area contributed by atoms with Gasteiger partial charge in [-0.15, -0.1) is 0 Å². The number of amides is 2.